The third kappa shape index (κ3) is 5.83. The largest absolute Gasteiger partial charge is 0.298 e. The Labute approximate surface area is 159 Å². The van der Waals surface area contributed by atoms with Crippen LogP contribution >= 0.6 is 11.6 Å². The van der Waals surface area contributed by atoms with Crippen molar-refractivity contribution in [2.24, 2.45) is 5.10 Å². The molecule has 2 aromatic carbocycles. The predicted molar refractivity (Wildman–Crippen MR) is 107 cm³/mol. The van der Waals surface area contributed by atoms with Crippen LogP contribution in [0.15, 0.2) is 65.8 Å². The van der Waals surface area contributed by atoms with Crippen LogP contribution < -0.4 is 5.43 Å². The summed E-state index contributed by atoms with van der Waals surface area (Å²) < 4.78 is 0. The molecule has 0 atom stereocenters. The highest BCUT2D eigenvalue weighted by Gasteiger charge is 2.15. The molecule has 5 heteroatoms. The number of nitrogens with one attached hydrogen (secondary N) is 1. The van der Waals surface area contributed by atoms with Gasteiger partial charge in [-0.1, -0.05) is 54.1 Å². The van der Waals surface area contributed by atoms with Crippen LogP contribution in [-0.2, 0) is 11.3 Å². The number of amides is 1. The first-order valence-corrected chi connectivity index (χ1v) is 9.12. The van der Waals surface area contributed by atoms with Crippen molar-refractivity contribution in [3.8, 4) is 0 Å². The van der Waals surface area contributed by atoms with Crippen LogP contribution in [0.25, 0.3) is 6.08 Å². The van der Waals surface area contributed by atoms with Gasteiger partial charge in [-0.05, 0) is 29.3 Å². The van der Waals surface area contributed by atoms with Crippen molar-refractivity contribution in [1.29, 1.82) is 0 Å². The molecule has 0 aromatic heterocycles. The molecule has 1 aliphatic heterocycles. The monoisotopic (exact) mass is 367 g/mol. The number of benzene rings is 2. The van der Waals surface area contributed by atoms with E-state index in [-0.39, 0.29) is 5.91 Å². The van der Waals surface area contributed by atoms with Crippen molar-refractivity contribution in [3.05, 3.63) is 76.8 Å². The van der Waals surface area contributed by atoms with Crippen LogP contribution in [-0.4, -0.2) is 29.6 Å². The minimum atomic E-state index is -0.223. The second-order valence-corrected chi connectivity index (χ2v) is 6.74. The molecule has 26 heavy (non-hydrogen) atoms. The molecule has 2 aromatic rings. The van der Waals surface area contributed by atoms with E-state index in [1.54, 1.807) is 18.2 Å². The third-order valence-corrected chi connectivity index (χ3v) is 4.56. The molecule has 1 heterocycles. The fraction of sp³-hybridized carbons (Fsp3) is 0.238. The zero-order valence-corrected chi connectivity index (χ0v) is 15.3. The Hall–Kier alpha value is -2.43. The van der Waals surface area contributed by atoms with E-state index in [0.29, 0.717) is 5.02 Å². The fourth-order valence-corrected chi connectivity index (χ4v) is 2.97. The van der Waals surface area contributed by atoms with Crippen LogP contribution in [0.2, 0.25) is 5.02 Å². The van der Waals surface area contributed by atoms with Gasteiger partial charge < -0.3 is 0 Å². The lowest BCUT2D eigenvalue weighted by atomic mass is 10.1. The minimum absolute atomic E-state index is 0.223. The van der Waals surface area contributed by atoms with E-state index in [1.807, 2.05) is 18.2 Å². The SMILES string of the molecule is O=C(/C=C/c1ccc(Cl)cc1)NN=C1CCN(Cc2ccccc2)CC1. The number of likely N-dealkylation sites (tertiary alicyclic amines) is 1. The maximum Gasteiger partial charge on any atom is 0.264 e. The second-order valence-electron chi connectivity index (χ2n) is 6.30. The maximum atomic E-state index is 11.9. The van der Waals surface area contributed by atoms with Gasteiger partial charge in [-0.15, -0.1) is 0 Å². The summed E-state index contributed by atoms with van der Waals surface area (Å²) in [6.07, 6.45) is 4.99. The van der Waals surface area contributed by atoms with E-state index >= 15 is 0 Å². The summed E-state index contributed by atoms with van der Waals surface area (Å²) in [7, 11) is 0. The van der Waals surface area contributed by atoms with E-state index in [4.69, 9.17) is 11.6 Å². The highest BCUT2D eigenvalue weighted by Crippen LogP contribution is 2.12. The Bertz CT molecular complexity index is 775. The lowest BCUT2D eigenvalue weighted by Crippen LogP contribution is -2.34. The molecule has 0 unspecified atom stereocenters. The highest BCUT2D eigenvalue weighted by atomic mass is 35.5. The topological polar surface area (TPSA) is 44.7 Å². The molecule has 134 valence electrons. The summed E-state index contributed by atoms with van der Waals surface area (Å²) in [5.41, 5.74) is 5.91. The molecular weight excluding hydrogens is 346 g/mol. The summed E-state index contributed by atoms with van der Waals surface area (Å²) in [5, 5.41) is 4.95. The molecule has 0 saturated carbocycles. The predicted octanol–water partition coefficient (Wildman–Crippen LogP) is 4.12. The van der Waals surface area contributed by atoms with Crippen LogP contribution in [0.5, 0.6) is 0 Å². The zero-order chi connectivity index (χ0) is 18.2. The molecule has 0 aliphatic carbocycles. The number of halogens is 1. The normalized spacial score (nSPS) is 15.2. The van der Waals surface area contributed by atoms with E-state index in [9.17, 15) is 4.79 Å². The number of piperidine rings is 1. The quantitative estimate of drug-likeness (QED) is 0.638. The molecule has 0 spiro atoms. The smallest absolute Gasteiger partial charge is 0.264 e. The second kappa shape index (κ2) is 9.32. The average Bonchev–Trinajstić information content (AvgIpc) is 2.68. The number of nitrogens with zero attached hydrogens (tertiary/aromatic N) is 2. The Kier molecular flexibility index (Phi) is 6.58. The number of hydrazone groups is 1. The van der Waals surface area contributed by atoms with Gasteiger partial charge in [0.05, 0.1) is 0 Å². The molecule has 1 fully saturated rings. The molecule has 1 amide bonds. The standard InChI is InChI=1S/C21H22ClN3O/c22-19-9-6-17(7-10-19)8-11-21(26)24-23-20-12-14-25(15-13-20)16-18-4-2-1-3-5-18/h1-11H,12-16H2,(H,24,26)/b11-8+. The molecule has 1 N–H and O–H groups in total. The third-order valence-electron chi connectivity index (χ3n) is 4.30. The van der Waals surface area contributed by atoms with Crippen molar-refractivity contribution in [2.45, 2.75) is 19.4 Å². The molecule has 0 bridgehead atoms. The summed E-state index contributed by atoms with van der Waals surface area (Å²) >= 11 is 5.84. The Morgan fingerprint density at radius 2 is 1.77 bits per heavy atom. The van der Waals surface area contributed by atoms with Crippen LogP contribution in [0, 0.1) is 0 Å². The minimum Gasteiger partial charge on any atom is -0.298 e. The number of hydrogen-bond donors (Lipinski definition) is 1. The lowest BCUT2D eigenvalue weighted by Gasteiger charge is -2.27. The summed E-state index contributed by atoms with van der Waals surface area (Å²) in [6.45, 7) is 2.89. The van der Waals surface area contributed by atoms with Crippen molar-refractivity contribution >= 4 is 29.3 Å². The zero-order valence-electron chi connectivity index (χ0n) is 14.6. The molecular formula is C21H22ClN3O. The van der Waals surface area contributed by atoms with E-state index in [1.165, 1.54) is 11.6 Å². The Morgan fingerprint density at radius 3 is 2.46 bits per heavy atom. The van der Waals surface area contributed by atoms with Gasteiger partial charge in [0, 0.05) is 49.3 Å². The molecule has 1 aliphatic rings. The van der Waals surface area contributed by atoms with Gasteiger partial charge in [-0.25, -0.2) is 5.43 Å². The number of carbonyl (C=O) groups is 1. The van der Waals surface area contributed by atoms with E-state index < -0.39 is 0 Å². The van der Waals surface area contributed by atoms with Crippen molar-refractivity contribution in [3.63, 3.8) is 0 Å². The molecule has 4 nitrogen and oxygen atoms in total. The Morgan fingerprint density at radius 1 is 1.08 bits per heavy atom. The van der Waals surface area contributed by atoms with Crippen LogP contribution in [0.1, 0.15) is 24.0 Å². The first-order chi connectivity index (χ1) is 12.7. The fourth-order valence-electron chi connectivity index (χ4n) is 2.84. The van der Waals surface area contributed by atoms with Gasteiger partial charge in [0.1, 0.15) is 0 Å². The maximum absolute atomic E-state index is 11.9. The summed E-state index contributed by atoms with van der Waals surface area (Å²) in [4.78, 5) is 14.3. The molecule has 3 rings (SSSR count). The molecule has 1 saturated heterocycles. The van der Waals surface area contributed by atoms with Gasteiger partial charge in [0.15, 0.2) is 0 Å². The van der Waals surface area contributed by atoms with E-state index in [2.05, 4.69) is 39.7 Å². The number of rotatable bonds is 5. The van der Waals surface area contributed by atoms with Gasteiger partial charge in [-0.3, -0.25) is 9.69 Å². The van der Waals surface area contributed by atoms with Crippen LogP contribution in [0.4, 0.5) is 0 Å². The van der Waals surface area contributed by atoms with Crippen molar-refractivity contribution < 1.29 is 4.79 Å². The van der Waals surface area contributed by atoms with Crippen molar-refractivity contribution in [2.75, 3.05) is 13.1 Å². The summed E-state index contributed by atoms with van der Waals surface area (Å²) in [6, 6.07) is 17.8. The average molecular weight is 368 g/mol. The number of carbonyl (C=O) groups excluding carboxylic acids is 1. The van der Waals surface area contributed by atoms with Crippen LogP contribution in [0.3, 0.4) is 0 Å². The van der Waals surface area contributed by atoms with Crippen molar-refractivity contribution in [1.82, 2.24) is 10.3 Å². The highest BCUT2D eigenvalue weighted by molar-refractivity contribution is 6.30. The van der Waals surface area contributed by atoms with Gasteiger partial charge in [0.2, 0.25) is 0 Å². The molecule has 0 radical (unpaired) electrons. The van der Waals surface area contributed by atoms with Gasteiger partial charge >= 0.3 is 0 Å². The number of hydrogen-bond acceptors (Lipinski definition) is 3. The van der Waals surface area contributed by atoms with Gasteiger partial charge in [0.25, 0.3) is 5.91 Å². The van der Waals surface area contributed by atoms with Gasteiger partial charge in [-0.2, -0.15) is 5.10 Å². The first kappa shape index (κ1) is 18.4. The lowest BCUT2D eigenvalue weighted by molar-refractivity contribution is -0.116. The first-order valence-electron chi connectivity index (χ1n) is 8.74. The summed E-state index contributed by atoms with van der Waals surface area (Å²) in [5.74, 6) is -0.223. The Balaban J connectivity index is 1.43. The van der Waals surface area contributed by atoms with E-state index in [0.717, 1.165) is 43.8 Å².